The van der Waals surface area contributed by atoms with Crippen LogP contribution in [-0.2, 0) is 16.0 Å². The summed E-state index contributed by atoms with van der Waals surface area (Å²) in [6.45, 7) is 6.80. The highest BCUT2D eigenvalue weighted by Gasteiger charge is 2.35. The van der Waals surface area contributed by atoms with Gasteiger partial charge in [-0.05, 0) is 56.7 Å². The van der Waals surface area contributed by atoms with Gasteiger partial charge in [0.2, 0.25) is 0 Å². The van der Waals surface area contributed by atoms with Crippen LogP contribution in [0.3, 0.4) is 0 Å². The van der Waals surface area contributed by atoms with Crippen molar-refractivity contribution in [3.8, 4) is 0 Å². The van der Waals surface area contributed by atoms with Gasteiger partial charge in [0.1, 0.15) is 5.60 Å². The van der Waals surface area contributed by atoms with Crippen LogP contribution in [0.1, 0.15) is 42.9 Å². The zero-order valence-electron chi connectivity index (χ0n) is 11.6. The summed E-state index contributed by atoms with van der Waals surface area (Å²) in [7, 11) is 0. The average Bonchev–Trinajstić information content (AvgIpc) is 2.34. The van der Waals surface area contributed by atoms with Gasteiger partial charge in [-0.15, -0.1) is 0 Å². The Morgan fingerprint density at radius 1 is 1.28 bits per heavy atom. The van der Waals surface area contributed by atoms with Gasteiger partial charge in [0.15, 0.2) is 5.78 Å². The molecule has 0 saturated carbocycles. The lowest BCUT2D eigenvalue weighted by Gasteiger charge is -2.32. The van der Waals surface area contributed by atoms with Gasteiger partial charge in [-0.3, -0.25) is 4.79 Å². The molecule has 98 valence electrons. The van der Waals surface area contributed by atoms with E-state index in [1.807, 2.05) is 13.0 Å². The van der Waals surface area contributed by atoms with Crippen molar-refractivity contribution in [1.29, 1.82) is 0 Å². The summed E-state index contributed by atoms with van der Waals surface area (Å²) in [5.41, 5.74) is 3.00. The van der Waals surface area contributed by atoms with Crippen LogP contribution in [0.2, 0.25) is 0 Å². The van der Waals surface area contributed by atoms with Crippen LogP contribution >= 0.6 is 0 Å². The van der Waals surface area contributed by atoms with Gasteiger partial charge in [-0.25, -0.2) is 0 Å². The molecular formula is C16H22O2. The van der Waals surface area contributed by atoms with Crippen LogP contribution in [0.25, 0.3) is 0 Å². The van der Waals surface area contributed by atoms with Crippen LogP contribution in [0.15, 0.2) is 18.2 Å². The lowest BCUT2D eigenvalue weighted by molar-refractivity contribution is -0.147. The Bertz CT molecular complexity index is 422. The molecule has 0 aliphatic carbocycles. The Labute approximate surface area is 109 Å². The Balaban J connectivity index is 2.16. The molecule has 0 radical (unpaired) electrons. The van der Waals surface area contributed by atoms with E-state index in [2.05, 4.69) is 26.0 Å². The Morgan fingerprint density at radius 2 is 1.94 bits per heavy atom. The van der Waals surface area contributed by atoms with E-state index < -0.39 is 5.60 Å². The fourth-order valence-electron chi connectivity index (χ4n) is 2.63. The van der Waals surface area contributed by atoms with Crippen molar-refractivity contribution in [2.45, 2.75) is 52.1 Å². The molecule has 1 fully saturated rings. The van der Waals surface area contributed by atoms with E-state index >= 15 is 0 Å². The maximum absolute atomic E-state index is 12.5. The van der Waals surface area contributed by atoms with Crippen molar-refractivity contribution < 1.29 is 9.53 Å². The largest absolute Gasteiger partial charge is 0.367 e. The van der Waals surface area contributed by atoms with E-state index in [1.54, 1.807) is 0 Å². The zero-order valence-corrected chi connectivity index (χ0v) is 11.6. The van der Waals surface area contributed by atoms with Crippen LogP contribution < -0.4 is 0 Å². The molecule has 1 saturated heterocycles. The summed E-state index contributed by atoms with van der Waals surface area (Å²) in [4.78, 5) is 12.5. The van der Waals surface area contributed by atoms with Crippen molar-refractivity contribution in [3.63, 3.8) is 0 Å². The number of hydrogen-bond acceptors (Lipinski definition) is 2. The van der Waals surface area contributed by atoms with E-state index in [0.717, 1.165) is 31.4 Å². The number of carbonyl (C=O) groups is 1. The topological polar surface area (TPSA) is 26.3 Å². The summed E-state index contributed by atoms with van der Waals surface area (Å²) in [6, 6.07) is 6.18. The third-order valence-electron chi connectivity index (χ3n) is 4.04. The predicted octanol–water partition coefficient (Wildman–Crippen LogP) is 3.37. The molecule has 1 aliphatic rings. The fourth-order valence-corrected chi connectivity index (χ4v) is 2.63. The maximum Gasteiger partial charge on any atom is 0.168 e. The number of ether oxygens (including phenoxy) is 1. The second-order valence-corrected chi connectivity index (χ2v) is 5.51. The number of rotatable bonds is 3. The van der Waals surface area contributed by atoms with Crippen LogP contribution in [0.4, 0.5) is 0 Å². The first kappa shape index (κ1) is 13.3. The second kappa shape index (κ2) is 5.23. The summed E-state index contributed by atoms with van der Waals surface area (Å²) in [5.74, 6) is 0.222. The third kappa shape index (κ3) is 2.64. The SMILES string of the molecule is Cc1cccc(C)c1CC(=O)C1(C)CCCCO1. The van der Waals surface area contributed by atoms with Crippen molar-refractivity contribution in [2.75, 3.05) is 6.61 Å². The smallest absolute Gasteiger partial charge is 0.168 e. The Kier molecular flexibility index (Phi) is 3.86. The first-order valence-electron chi connectivity index (χ1n) is 6.75. The van der Waals surface area contributed by atoms with Gasteiger partial charge in [-0.2, -0.15) is 0 Å². The van der Waals surface area contributed by atoms with Crippen molar-refractivity contribution in [2.24, 2.45) is 0 Å². The van der Waals surface area contributed by atoms with Gasteiger partial charge in [-0.1, -0.05) is 18.2 Å². The first-order chi connectivity index (χ1) is 8.53. The summed E-state index contributed by atoms with van der Waals surface area (Å²) >= 11 is 0. The first-order valence-corrected chi connectivity index (χ1v) is 6.75. The molecule has 2 heteroatoms. The quantitative estimate of drug-likeness (QED) is 0.817. The minimum absolute atomic E-state index is 0.222. The molecule has 2 nitrogen and oxygen atoms in total. The zero-order chi connectivity index (χ0) is 13.2. The summed E-state index contributed by atoms with van der Waals surface area (Å²) in [6.07, 6.45) is 3.52. The van der Waals surface area contributed by atoms with Crippen molar-refractivity contribution in [3.05, 3.63) is 34.9 Å². The standard InChI is InChI=1S/C16H22O2/c1-12-7-6-8-13(2)14(12)11-15(17)16(3)9-4-5-10-18-16/h6-8H,4-5,9-11H2,1-3H3. The molecule has 18 heavy (non-hydrogen) atoms. The number of benzene rings is 1. The highest BCUT2D eigenvalue weighted by Crippen LogP contribution is 2.27. The predicted molar refractivity (Wildman–Crippen MR) is 72.8 cm³/mol. The maximum atomic E-state index is 12.5. The number of Topliss-reactive ketones (excluding diaryl/α,β-unsaturated/α-hetero) is 1. The summed E-state index contributed by atoms with van der Waals surface area (Å²) in [5, 5.41) is 0. The Hall–Kier alpha value is -1.15. The molecule has 0 N–H and O–H groups in total. The number of ketones is 1. The molecule has 0 aromatic heterocycles. The molecule has 1 aliphatic heterocycles. The molecule has 1 aromatic carbocycles. The molecule has 2 rings (SSSR count). The van der Waals surface area contributed by atoms with Gasteiger partial charge in [0.25, 0.3) is 0 Å². The minimum atomic E-state index is -0.563. The number of hydrogen-bond donors (Lipinski definition) is 0. The van der Waals surface area contributed by atoms with E-state index in [-0.39, 0.29) is 5.78 Å². The normalized spacial score (nSPS) is 23.9. The van der Waals surface area contributed by atoms with Gasteiger partial charge < -0.3 is 4.74 Å². The van der Waals surface area contributed by atoms with E-state index in [4.69, 9.17) is 4.74 Å². The molecule has 0 bridgehead atoms. The minimum Gasteiger partial charge on any atom is -0.367 e. The van der Waals surface area contributed by atoms with Crippen LogP contribution in [-0.4, -0.2) is 18.0 Å². The third-order valence-corrected chi connectivity index (χ3v) is 4.04. The van der Waals surface area contributed by atoms with Crippen molar-refractivity contribution >= 4 is 5.78 Å². The van der Waals surface area contributed by atoms with Gasteiger partial charge in [0.05, 0.1) is 0 Å². The molecule has 0 spiro atoms. The van der Waals surface area contributed by atoms with Crippen molar-refractivity contribution in [1.82, 2.24) is 0 Å². The van der Waals surface area contributed by atoms with E-state index in [0.29, 0.717) is 6.42 Å². The number of aryl methyl sites for hydroxylation is 2. The highest BCUT2D eigenvalue weighted by molar-refractivity contribution is 5.89. The lowest BCUT2D eigenvalue weighted by Crippen LogP contribution is -2.42. The molecule has 1 heterocycles. The van der Waals surface area contributed by atoms with Gasteiger partial charge >= 0.3 is 0 Å². The number of carbonyl (C=O) groups excluding carboxylic acids is 1. The lowest BCUT2D eigenvalue weighted by atomic mass is 9.86. The summed E-state index contributed by atoms with van der Waals surface area (Å²) < 4.78 is 5.73. The molecular weight excluding hydrogens is 224 g/mol. The monoisotopic (exact) mass is 246 g/mol. The van der Waals surface area contributed by atoms with Crippen LogP contribution in [0.5, 0.6) is 0 Å². The second-order valence-electron chi connectivity index (χ2n) is 5.51. The molecule has 1 unspecified atom stereocenters. The van der Waals surface area contributed by atoms with Gasteiger partial charge in [0, 0.05) is 13.0 Å². The molecule has 1 aromatic rings. The Morgan fingerprint density at radius 3 is 2.50 bits per heavy atom. The van der Waals surface area contributed by atoms with E-state index in [9.17, 15) is 4.79 Å². The van der Waals surface area contributed by atoms with Crippen LogP contribution in [0, 0.1) is 13.8 Å². The molecule has 0 amide bonds. The van der Waals surface area contributed by atoms with E-state index in [1.165, 1.54) is 11.1 Å². The molecule has 1 atom stereocenters. The fraction of sp³-hybridized carbons (Fsp3) is 0.562. The average molecular weight is 246 g/mol. The highest BCUT2D eigenvalue weighted by atomic mass is 16.5.